The summed E-state index contributed by atoms with van der Waals surface area (Å²) in [5.41, 5.74) is 1.96. The van der Waals surface area contributed by atoms with Gasteiger partial charge < -0.3 is 10.2 Å². The van der Waals surface area contributed by atoms with Crippen molar-refractivity contribution in [2.24, 2.45) is 0 Å². The fourth-order valence-electron chi connectivity index (χ4n) is 1.34. The van der Waals surface area contributed by atoms with Gasteiger partial charge in [0.15, 0.2) is 11.5 Å². The highest BCUT2D eigenvalue weighted by molar-refractivity contribution is 5.58. The van der Waals surface area contributed by atoms with Crippen molar-refractivity contribution in [3.63, 3.8) is 0 Å². The maximum absolute atomic E-state index is 9.35. The fourth-order valence-corrected chi connectivity index (χ4v) is 1.34. The smallest absolute Gasteiger partial charge is 0.157 e. The van der Waals surface area contributed by atoms with Gasteiger partial charge in [-0.3, -0.25) is 0 Å². The van der Waals surface area contributed by atoms with Crippen molar-refractivity contribution in [2.45, 2.75) is 20.3 Å². The van der Waals surface area contributed by atoms with Crippen molar-refractivity contribution < 1.29 is 10.2 Å². The lowest BCUT2D eigenvalue weighted by Gasteiger charge is -1.98. The van der Waals surface area contributed by atoms with Crippen LogP contribution in [-0.2, 0) is 0 Å². The predicted octanol–water partition coefficient (Wildman–Crippen LogP) is 4.02. The van der Waals surface area contributed by atoms with Crippen LogP contribution in [0.3, 0.4) is 0 Å². The molecule has 0 aromatic heterocycles. The molecule has 0 saturated heterocycles. The largest absolute Gasteiger partial charge is 0.504 e. The van der Waals surface area contributed by atoms with Gasteiger partial charge in [-0.25, -0.2) is 0 Å². The van der Waals surface area contributed by atoms with Gasteiger partial charge in [0.25, 0.3) is 0 Å². The highest BCUT2D eigenvalue weighted by Crippen LogP contribution is 2.25. The van der Waals surface area contributed by atoms with Gasteiger partial charge in [0, 0.05) is 0 Å². The third kappa shape index (κ3) is 4.19. The molecule has 0 aliphatic heterocycles. The molecule has 0 unspecified atom stereocenters. The third-order valence-corrected chi connectivity index (χ3v) is 2.35. The van der Waals surface area contributed by atoms with E-state index in [4.69, 9.17) is 0 Å². The minimum atomic E-state index is -0.0988. The Labute approximate surface area is 102 Å². The van der Waals surface area contributed by atoms with Crippen LogP contribution in [0.1, 0.15) is 25.8 Å². The molecule has 0 amide bonds. The van der Waals surface area contributed by atoms with E-state index in [1.165, 1.54) is 12.1 Å². The molecule has 0 bridgehead atoms. The minimum Gasteiger partial charge on any atom is -0.504 e. The Morgan fingerprint density at radius 2 is 1.94 bits per heavy atom. The van der Waals surface area contributed by atoms with E-state index >= 15 is 0 Å². The number of hydrogen-bond acceptors (Lipinski definition) is 2. The van der Waals surface area contributed by atoms with Crippen LogP contribution in [0.15, 0.2) is 48.1 Å². The van der Waals surface area contributed by atoms with E-state index in [0.29, 0.717) is 0 Å². The van der Waals surface area contributed by atoms with Crippen molar-refractivity contribution >= 4 is 6.08 Å². The zero-order valence-corrected chi connectivity index (χ0v) is 10.2. The Bertz CT molecular complexity index is 454. The molecular weight excluding hydrogens is 212 g/mol. The van der Waals surface area contributed by atoms with E-state index in [1.54, 1.807) is 6.07 Å². The van der Waals surface area contributed by atoms with Gasteiger partial charge in [0.1, 0.15) is 0 Å². The molecule has 0 heterocycles. The summed E-state index contributed by atoms with van der Waals surface area (Å²) in [6.07, 6.45) is 11.0. The highest BCUT2D eigenvalue weighted by Gasteiger charge is 1.97. The number of phenolic OH excluding ortho intramolecular Hbond substituents is 2. The van der Waals surface area contributed by atoms with Crippen molar-refractivity contribution in [2.75, 3.05) is 0 Å². The number of rotatable bonds is 4. The average molecular weight is 230 g/mol. The molecule has 2 heteroatoms. The molecule has 2 N–H and O–H groups in total. The molecule has 0 aliphatic rings. The quantitative estimate of drug-likeness (QED) is 0.605. The van der Waals surface area contributed by atoms with Crippen molar-refractivity contribution in [3.8, 4) is 11.5 Å². The summed E-state index contributed by atoms with van der Waals surface area (Å²) in [6.45, 7) is 4.07. The molecule has 0 spiro atoms. The lowest BCUT2D eigenvalue weighted by Crippen LogP contribution is -1.75. The second-order valence-electron chi connectivity index (χ2n) is 3.68. The molecule has 1 aromatic carbocycles. The van der Waals surface area contributed by atoms with Crippen molar-refractivity contribution in [1.82, 2.24) is 0 Å². The monoisotopic (exact) mass is 230 g/mol. The predicted molar refractivity (Wildman–Crippen MR) is 72.0 cm³/mol. The van der Waals surface area contributed by atoms with Crippen molar-refractivity contribution in [1.29, 1.82) is 0 Å². The summed E-state index contributed by atoms with van der Waals surface area (Å²) in [4.78, 5) is 0. The summed E-state index contributed by atoms with van der Waals surface area (Å²) in [7, 11) is 0. The Morgan fingerprint density at radius 1 is 1.18 bits per heavy atom. The molecule has 1 rings (SSSR count). The summed E-state index contributed by atoms with van der Waals surface area (Å²) in [5.74, 6) is -0.197. The highest BCUT2D eigenvalue weighted by atomic mass is 16.3. The van der Waals surface area contributed by atoms with Gasteiger partial charge in [-0.05, 0) is 36.6 Å². The van der Waals surface area contributed by atoms with E-state index in [0.717, 1.165) is 17.6 Å². The molecule has 1 aromatic rings. The third-order valence-electron chi connectivity index (χ3n) is 2.35. The molecule has 90 valence electrons. The van der Waals surface area contributed by atoms with E-state index in [1.807, 2.05) is 25.2 Å². The van der Waals surface area contributed by atoms with Crippen LogP contribution in [0.2, 0.25) is 0 Å². The number of hydrogen-bond donors (Lipinski definition) is 2. The zero-order chi connectivity index (χ0) is 12.7. The number of phenols is 2. The van der Waals surface area contributed by atoms with E-state index in [-0.39, 0.29) is 11.5 Å². The average Bonchev–Trinajstić information content (AvgIpc) is 2.34. The first-order valence-electron chi connectivity index (χ1n) is 5.70. The normalized spacial score (nSPS) is 12.7. The van der Waals surface area contributed by atoms with Crippen LogP contribution in [-0.4, -0.2) is 10.2 Å². The van der Waals surface area contributed by atoms with Gasteiger partial charge in [-0.1, -0.05) is 43.4 Å². The SMILES string of the molecule is C/C=C(\C=C/CC)/C=C/c1ccc(O)c(O)c1. The van der Waals surface area contributed by atoms with Gasteiger partial charge in [-0.2, -0.15) is 0 Å². The number of aromatic hydroxyl groups is 2. The molecule has 0 radical (unpaired) electrons. The zero-order valence-electron chi connectivity index (χ0n) is 10.2. The van der Waals surface area contributed by atoms with Crippen LogP contribution in [0.5, 0.6) is 11.5 Å². The van der Waals surface area contributed by atoms with Gasteiger partial charge in [0.2, 0.25) is 0 Å². The molecule has 0 aliphatic carbocycles. The van der Waals surface area contributed by atoms with E-state index < -0.39 is 0 Å². The maximum Gasteiger partial charge on any atom is 0.157 e. The fraction of sp³-hybridized carbons (Fsp3) is 0.200. The first-order valence-corrected chi connectivity index (χ1v) is 5.70. The number of allylic oxidation sites excluding steroid dienone is 5. The lowest BCUT2D eigenvalue weighted by molar-refractivity contribution is 0.403. The van der Waals surface area contributed by atoms with Gasteiger partial charge in [0.05, 0.1) is 0 Å². The van der Waals surface area contributed by atoms with E-state index in [9.17, 15) is 10.2 Å². The first-order chi connectivity index (χ1) is 8.17. The maximum atomic E-state index is 9.35. The molecular formula is C15H18O2. The first kappa shape index (κ1) is 13.1. The second kappa shape index (κ2) is 6.59. The Balaban J connectivity index is 2.82. The Morgan fingerprint density at radius 3 is 2.53 bits per heavy atom. The molecule has 0 atom stereocenters. The van der Waals surface area contributed by atoms with Crippen LogP contribution >= 0.6 is 0 Å². The molecule has 0 fully saturated rings. The summed E-state index contributed by atoms with van der Waals surface area (Å²) in [6, 6.07) is 4.76. The van der Waals surface area contributed by atoms with Crippen LogP contribution in [0, 0.1) is 0 Å². The summed E-state index contributed by atoms with van der Waals surface area (Å²) < 4.78 is 0. The Hall–Kier alpha value is -1.96. The minimum absolute atomic E-state index is 0.0979. The molecule has 0 saturated carbocycles. The van der Waals surface area contributed by atoms with Crippen LogP contribution < -0.4 is 0 Å². The second-order valence-corrected chi connectivity index (χ2v) is 3.68. The lowest BCUT2D eigenvalue weighted by atomic mass is 10.1. The van der Waals surface area contributed by atoms with Crippen molar-refractivity contribution in [3.05, 3.63) is 53.6 Å². The standard InChI is InChI=1S/C15H18O2/c1-3-5-6-12(4-2)7-8-13-9-10-14(16)15(17)11-13/h4-11,16-17H,3H2,1-2H3/b6-5-,8-7+,12-4+. The number of benzene rings is 1. The van der Waals surface area contributed by atoms with E-state index in [2.05, 4.69) is 19.1 Å². The molecule has 17 heavy (non-hydrogen) atoms. The van der Waals surface area contributed by atoms with Crippen LogP contribution in [0.25, 0.3) is 6.08 Å². The summed E-state index contributed by atoms with van der Waals surface area (Å²) >= 11 is 0. The van der Waals surface area contributed by atoms with Crippen LogP contribution in [0.4, 0.5) is 0 Å². The Kier molecular flexibility index (Phi) is 5.08. The topological polar surface area (TPSA) is 40.5 Å². The van der Waals surface area contributed by atoms with Gasteiger partial charge in [-0.15, -0.1) is 0 Å². The van der Waals surface area contributed by atoms with Gasteiger partial charge >= 0.3 is 0 Å². The summed E-state index contributed by atoms with van der Waals surface area (Å²) in [5, 5.41) is 18.5. The molecule has 2 nitrogen and oxygen atoms in total.